The van der Waals surface area contributed by atoms with E-state index in [1.807, 2.05) is 25.1 Å². The van der Waals surface area contributed by atoms with Crippen LogP contribution in [0.15, 0.2) is 18.3 Å². The SMILES string of the molecule is COC(=O)CCCCCNC(=O)c1ccc(N(C)C)nc1. The highest BCUT2D eigenvalue weighted by molar-refractivity contribution is 5.94. The third-order valence-corrected chi connectivity index (χ3v) is 3.04. The van der Waals surface area contributed by atoms with Crippen LogP contribution in [-0.2, 0) is 9.53 Å². The minimum Gasteiger partial charge on any atom is -0.469 e. The summed E-state index contributed by atoms with van der Waals surface area (Å²) < 4.78 is 4.56. The van der Waals surface area contributed by atoms with Crippen molar-refractivity contribution >= 4 is 17.7 Å². The second-order valence-corrected chi connectivity index (χ2v) is 4.94. The molecule has 21 heavy (non-hydrogen) atoms. The number of aromatic nitrogens is 1. The number of hydrogen-bond acceptors (Lipinski definition) is 5. The molecule has 1 heterocycles. The smallest absolute Gasteiger partial charge is 0.305 e. The number of unbranched alkanes of at least 4 members (excludes halogenated alkanes) is 2. The summed E-state index contributed by atoms with van der Waals surface area (Å²) in [5.74, 6) is 0.501. The molecule has 0 fully saturated rings. The quantitative estimate of drug-likeness (QED) is 0.582. The van der Waals surface area contributed by atoms with Gasteiger partial charge in [0.25, 0.3) is 5.91 Å². The summed E-state index contributed by atoms with van der Waals surface area (Å²) in [6.07, 6.45) is 4.50. The van der Waals surface area contributed by atoms with E-state index in [4.69, 9.17) is 0 Å². The molecule has 0 aliphatic heterocycles. The van der Waals surface area contributed by atoms with Crippen molar-refractivity contribution in [2.45, 2.75) is 25.7 Å². The highest BCUT2D eigenvalue weighted by atomic mass is 16.5. The fourth-order valence-corrected chi connectivity index (χ4v) is 1.76. The number of pyridine rings is 1. The Labute approximate surface area is 125 Å². The van der Waals surface area contributed by atoms with Gasteiger partial charge in [0.2, 0.25) is 0 Å². The summed E-state index contributed by atoms with van der Waals surface area (Å²) >= 11 is 0. The van der Waals surface area contributed by atoms with Gasteiger partial charge in [0, 0.05) is 33.3 Å². The standard InChI is InChI=1S/C15H23N3O3/c1-18(2)13-9-8-12(11-17-13)15(20)16-10-6-4-5-7-14(19)21-3/h8-9,11H,4-7,10H2,1-3H3,(H,16,20). The van der Waals surface area contributed by atoms with Crippen LogP contribution in [0.5, 0.6) is 0 Å². The Morgan fingerprint density at radius 2 is 2.00 bits per heavy atom. The zero-order chi connectivity index (χ0) is 15.7. The molecule has 1 aromatic rings. The summed E-state index contributed by atoms with van der Waals surface area (Å²) in [4.78, 5) is 28.9. The van der Waals surface area contributed by atoms with E-state index in [0.29, 0.717) is 18.5 Å². The molecule has 0 atom stereocenters. The second kappa shape index (κ2) is 8.94. The Balaban J connectivity index is 2.23. The van der Waals surface area contributed by atoms with Crippen molar-refractivity contribution in [3.63, 3.8) is 0 Å². The summed E-state index contributed by atoms with van der Waals surface area (Å²) in [6.45, 7) is 0.593. The molecule has 0 bridgehead atoms. The molecule has 0 saturated carbocycles. The summed E-state index contributed by atoms with van der Waals surface area (Å²) in [6, 6.07) is 3.57. The van der Waals surface area contributed by atoms with Crippen molar-refractivity contribution in [1.29, 1.82) is 0 Å². The number of ether oxygens (including phenoxy) is 1. The molecule has 0 aliphatic carbocycles. The minimum absolute atomic E-state index is 0.124. The van der Waals surface area contributed by atoms with E-state index in [0.717, 1.165) is 25.1 Å². The van der Waals surface area contributed by atoms with E-state index in [9.17, 15) is 9.59 Å². The molecule has 0 aliphatic rings. The highest BCUT2D eigenvalue weighted by Crippen LogP contribution is 2.07. The van der Waals surface area contributed by atoms with Gasteiger partial charge in [0.05, 0.1) is 12.7 Å². The van der Waals surface area contributed by atoms with Crippen molar-refractivity contribution in [3.8, 4) is 0 Å². The molecular formula is C15H23N3O3. The van der Waals surface area contributed by atoms with Crippen LogP contribution in [0.4, 0.5) is 5.82 Å². The number of anilines is 1. The molecule has 0 unspecified atom stereocenters. The Morgan fingerprint density at radius 1 is 1.24 bits per heavy atom. The van der Waals surface area contributed by atoms with E-state index in [-0.39, 0.29) is 11.9 Å². The summed E-state index contributed by atoms with van der Waals surface area (Å²) in [7, 11) is 5.19. The van der Waals surface area contributed by atoms with Crippen LogP contribution in [-0.4, -0.2) is 44.6 Å². The molecule has 6 nitrogen and oxygen atoms in total. The topological polar surface area (TPSA) is 71.5 Å². The maximum Gasteiger partial charge on any atom is 0.305 e. The number of amides is 1. The van der Waals surface area contributed by atoms with Gasteiger partial charge in [-0.2, -0.15) is 0 Å². The molecule has 0 aromatic carbocycles. The van der Waals surface area contributed by atoms with Crippen molar-refractivity contribution in [1.82, 2.24) is 10.3 Å². The van der Waals surface area contributed by atoms with Crippen molar-refractivity contribution in [2.24, 2.45) is 0 Å². The first kappa shape index (κ1) is 16.9. The predicted molar refractivity (Wildman–Crippen MR) is 81.4 cm³/mol. The van der Waals surface area contributed by atoms with Gasteiger partial charge in [-0.25, -0.2) is 4.98 Å². The molecule has 116 valence electrons. The van der Waals surface area contributed by atoms with Crippen molar-refractivity contribution in [3.05, 3.63) is 23.9 Å². The summed E-state index contributed by atoms with van der Waals surface area (Å²) in [5.41, 5.74) is 0.551. The van der Waals surface area contributed by atoms with Crippen LogP contribution < -0.4 is 10.2 Å². The average molecular weight is 293 g/mol. The van der Waals surface area contributed by atoms with Gasteiger partial charge in [-0.3, -0.25) is 9.59 Å². The largest absolute Gasteiger partial charge is 0.469 e. The normalized spacial score (nSPS) is 10.0. The van der Waals surface area contributed by atoms with E-state index in [1.165, 1.54) is 7.11 Å². The van der Waals surface area contributed by atoms with E-state index in [2.05, 4.69) is 15.0 Å². The molecule has 1 aromatic heterocycles. The maximum atomic E-state index is 11.9. The molecule has 1 N–H and O–H groups in total. The van der Waals surface area contributed by atoms with Crippen LogP contribution in [0, 0.1) is 0 Å². The lowest BCUT2D eigenvalue weighted by atomic mass is 10.2. The van der Waals surface area contributed by atoms with Gasteiger partial charge in [0.15, 0.2) is 0 Å². The lowest BCUT2D eigenvalue weighted by Gasteiger charge is -2.11. The lowest BCUT2D eigenvalue weighted by molar-refractivity contribution is -0.140. The zero-order valence-electron chi connectivity index (χ0n) is 12.9. The third kappa shape index (κ3) is 6.25. The fourth-order valence-electron chi connectivity index (χ4n) is 1.76. The van der Waals surface area contributed by atoms with Crippen LogP contribution in [0.2, 0.25) is 0 Å². The minimum atomic E-state index is -0.189. The van der Waals surface area contributed by atoms with Gasteiger partial charge >= 0.3 is 5.97 Å². The second-order valence-electron chi connectivity index (χ2n) is 4.94. The number of nitrogens with zero attached hydrogens (tertiary/aromatic N) is 2. The first-order chi connectivity index (χ1) is 10.0. The van der Waals surface area contributed by atoms with E-state index < -0.39 is 0 Å². The third-order valence-electron chi connectivity index (χ3n) is 3.04. The molecule has 0 radical (unpaired) electrons. The number of nitrogens with one attached hydrogen (secondary N) is 1. The number of hydrogen-bond donors (Lipinski definition) is 1. The Morgan fingerprint density at radius 3 is 2.57 bits per heavy atom. The number of carbonyl (C=O) groups excluding carboxylic acids is 2. The van der Waals surface area contributed by atoms with Crippen LogP contribution in [0.25, 0.3) is 0 Å². The van der Waals surface area contributed by atoms with Gasteiger partial charge in [-0.1, -0.05) is 6.42 Å². The summed E-state index contributed by atoms with van der Waals surface area (Å²) in [5, 5.41) is 2.84. The van der Waals surface area contributed by atoms with Crippen LogP contribution in [0.3, 0.4) is 0 Å². The number of carbonyl (C=O) groups is 2. The predicted octanol–water partition coefficient (Wildman–Crippen LogP) is 1.61. The van der Waals surface area contributed by atoms with Gasteiger partial charge in [0.1, 0.15) is 5.82 Å². The van der Waals surface area contributed by atoms with E-state index >= 15 is 0 Å². The number of esters is 1. The molecule has 1 rings (SSSR count). The molecular weight excluding hydrogens is 270 g/mol. The van der Waals surface area contributed by atoms with Crippen LogP contribution >= 0.6 is 0 Å². The lowest BCUT2D eigenvalue weighted by Crippen LogP contribution is -2.24. The Bertz CT molecular complexity index is 458. The van der Waals surface area contributed by atoms with E-state index in [1.54, 1.807) is 12.3 Å². The Kier molecular flexibility index (Phi) is 7.21. The monoisotopic (exact) mass is 293 g/mol. The molecule has 1 amide bonds. The van der Waals surface area contributed by atoms with Crippen LogP contribution in [0.1, 0.15) is 36.0 Å². The molecule has 6 heteroatoms. The highest BCUT2D eigenvalue weighted by Gasteiger charge is 2.06. The van der Waals surface area contributed by atoms with Gasteiger partial charge < -0.3 is 15.0 Å². The zero-order valence-corrected chi connectivity index (χ0v) is 12.9. The van der Waals surface area contributed by atoms with Crippen molar-refractivity contribution in [2.75, 3.05) is 32.6 Å². The molecule has 0 saturated heterocycles. The molecule has 0 spiro atoms. The van der Waals surface area contributed by atoms with Crippen molar-refractivity contribution < 1.29 is 14.3 Å². The number of rotatable bonds is 8. The van der Waals surface area contributed by atoms with Gasteiger partial charge in [-0.05, 0) is 25.0 Å². The van der Waals surface area contributed by atoms with Gasteiger partial charge in [-0.15, -0.1) is 0 Å². The fraction of sp³-hybridized carbons (Fsp3) is 0.533. The average Bonchev–Trinajstić information content (AvgIpc) is 2.50. The Hall–Kier alpha value is -2.11. The maximum absolute atomic E-state index is 11.9. The number of methoxy groups -OCH3 is 1. The first-order valence-electron chi connectivity index (χ1n) is 7.03. The first-order valence-corrected chi connectivity index (χ1v) is 7.03.